The van der Waals surface area contributed by atoms with Gasteiger partial charge in [-0.05, 0) is 47.9 Å². The molecule has 4 bridgehead atoms. The van der Waals surface area contributed by atoms with Crippen LogP contribution < -0.4 is 9.47 Å². The average Bonchev–Trinajstić information content (AvgIpc) is 2.58. The number of hydrogen-bond acceptors (Lipinski definition) is 4. The predicted octanol–water partition coefficient (Wildman–Crippen LogP) is 3.99. The number of fused-ring (bicyclic) bond motifs is 7. The summed E-state index contributed by atoms with van der Waals surface area (Å²) < 4.78 is 16.5. The summed E-state index contributed by atoms with van der Waals surface area (Å²) in [4.78, 5) is 11.7. The molecule has 0 atom stereocenters. The van der Waals surface area contributed by atoms with Crippen LogP contribution in [0.5, 0.6) is 17.2 Å². The summed E-state index contributed by atoms with van der Waals surface area (Å²) >= 11 is 0. The summed E-state index contributed by atoms with van der Waals surface area (Å²) in [5, 5.41) is 0. The lowest BCUT2D eigenvalue weighted by molar-refractivity contribution is -0.142. The molecule has 0 aromatic heterocycles. The molecular formula is C19H18O4. The second kappa shape index (κ2) is 7.01. The molecule has 118 valence electrons. The second-order valence-electron chi connectivity index (χ2n) is 5.24. The van der Waals surface area contributed by atoms with Gasteiger partial charge in [0.05, 0.1) is 7.11 Å². The van der Waals surface area contributed by atoms with Crippen molar-refractivity contribution in [2.75, 3.05) is 13.7 Å². The first-order chi connectivity index (χ1) is 11.2. The van der Waals surface area contributed by atoms with Crippen LogP contribution in [0.3, 0.4) is 0 Å². The highest BCUT2D eigenvalue weighted by atomic mass is 16.5. The molecule has 2 heterocycles. The van der Waals surface area contributed by atoms with Crippen molar-refractivity contribution in [1.29, 1.82) is 0 Å². The van der Waals surface area contributed by atoms with Gasteiger partial charge < -0.3 is 14.2 Å². The number of methoxy groups -OCH3 is 1. The van der Waals surface area contributed by atoms with Crippen LogP contribution in [0.15, 0.2) is 48.5 Å². The minimum absolute atomic E-state index is 0.211. The molecule has 0 fully saturated rings. The quantitative estimate of drug-likeness (QED) is 0.747. The lowest BCUT2D eigenvalue weighted by Gasteiger charge is -2.12. The molecule has 0 saturated heterocycles. The van der Waals surface area contributed by atoms with Crippen LogP contribution in [0.25, 0.3) is 6.08 Å². The number of hydrogen-bond donors (Lipinski definition) is 0. The molecule has 0 aliphatic carbocycles. The Morgan fingerprint density at radius 3 is 2.65 bits per heavy atom. The summed E-state index contributed by atoms with van der Waals surface area (Å²) in [6.45, 7) is 0.283. The summed E-state index contributed by atoms with van der Waals surface area (Å²) in [5.74, 6) is 1.82. The molecule has 0 unspecified atom stereocenters. The average molecular weight is 310 g/mol. The monoisotopic (exact) mass is 310 g/mol. The number of carbonyl (C=O) groups excluding carboxylic acids is 1. The number of aryl methyl sites for hydroxylation is 1. The Balaban J connectivity index is 1.95. The Hall–Kier alpha value is -2.75. The SMILES string of the molecule is COc1ccc2cc1Oc1ccc(cc1)/C=C\COC(=O)CC2. The van der Waals surface area contributed by atoms with Crippen LogP contribution in [-0.2, 0) is 16.0 Å². The van der Waals surface area contributed by atoms with Crippen molar-refractivity contribution in [3.8, 4) is 17.2 Å². The number of rotatable bonds is 1. The molecule has 0 N–H and O–H groups in total. The maximum atomic E-state index is 11.7. The van der Waals surface area contributed by atoms with E-state index in [0.717, 1.165) is 16.9 Å². The third-order valence-corrected chi connectivity index (χ3v) is 3.60. The number of ether oxygens (including phenoxy) is 3. The molecule has 0 amide bonds. The Bertz CT molecular complexity index is 717. The van der Waals surface area contributed by atoms with Gasteiger partial charge in [0, 0.05) is 6.42 Å². The summed E-state index contributed by atoms with van der Waals surface area (Å²) in [6.07, 6.45) is 4.68. The van der Waals surface area contributed by atoms with E-state index in [-0.39, 0.29) is 12.6 Å². The van der Waals surface area contributed by atoms with Crippen LogP contribution in [-0.4, -0.2) is 19.7 Å². The van der Waals surface area contributed by atoms with Gasteiger partial charge in [-0.1, -0.05) is 24.3 Å². The van der Waals surface area contributed by atoms with Gasteiger partial charge in [-0.25, -0.2) is 0 Å². The zero-order chi connectivity index (χ0) is 16.1. The molecule has 4 nitrogen and oxygen atoms in total. The van der Waals surface area contributed by atoms with E-state index in [1.165, 1.54) is 0 Å². The summed E-state index contributed by atoms with van der Waals surface area (Å²) in [6, 6.07) is 13.4. The molecule has 2 aromatic rings. The first-order valence-corrected chi connectivity index (χ1v) is 7.51. The Kier molecular flexibility index (Phi) is 4.62. The molecule has 2 aromatic carbocycles. The van der Waals surface area contributed by atoms with Gasteiger partial charge in [0.2, 0.25) is 0 Å². The Labute approximate surface area is 135 Å². The third kappa shape index (κ3) is 3.92. The number of esters is 1. The van der Waals surface area contributed by atoms with Crippen LogP contribution in [0.4, 0.5) is 0 Å². The van der Waals surface area contributed by atoms with E-state index in [2.05, 4.69) is 0 Å². The van der Waals surface area contributed by atoms with Gasteiger partial charge in [-0.3, -0.25) is 4.79 Å². The van der Waals surface area contributed by atoms with Crippen LogP contribution in [0, 0.1) is 0 Å². The van der Waals surface area contributed by atoms with E-state index >= 15 is 0 Å². The molecule has 2 aliphatic heterocycles. The largest absolute Gasteiger partial charge is 0.493 e. The van der Waals surface area contributed by atoms with Crippen molar-refractivity contribution in [2.24, 2.45) is 0 Å². The topological polar surface area (TPSA) is 44.8 Å². The smallest absolute Gasteiger partial charge is 0.306 e. The normalized spacial score (nSPS) is 15.8. The molecule has 2 aliphatic rings. The summed E-state index contributed by atoms with van der Waals surface area (Å²) in [7, 11) is 1.61. The van der Waals surface area contributed by atoms with Crippen molar-refractivity contribution in [3.63, 3.8) is 0 Å². The molecule has 23 heavy (non-hydrogen) atoms. The second-order valence-corrected chi connectivity index (χ2v) is 5.24. The fourth-order valence-corrected chi connectivity index (χ4v) is 2.37. The minimum atomic E-state index is -0.211. The maximum absolute atomic E-state index is 11.7. The van der Waals surface area contributed by atoms with E-state index < -0.39 is 0 Å². The highest BCUT2D eigenvalue weighted by Crippen LogP contribution is 2.33. The molecule has 4 heteroatoms. The van der Waals surface area contributed by atoms with Crippen LogP contribution >= 0.6 is 0 Å². The minimum Gasteiger partial charge on any atom is -0.493 e. The number of benzene rings is 2. The zero-order valence-corrected chi connectivity index (χ0v) is 13.0. The molecule has 4 rings (SSSR count). The fraction of sp³-hybridized carbons (Fsp3) is 0.211. The Morgan fingerprint density at radius 2 is 1.87 bits per heavy atom. The van der Waals surface area contributed by atoms with Crippen molar-refractivity contribution >= 4 is 12.0 Å². The third-order valence-electron chi connectivity index (χ3n) is 3.60. The van der Waals surface area contributed by atoms with Gasteiger partial charge in [0.25, 0.3) is 0 Å². The lowest BCUT2D eigenvalue weighted by Crippen LogP contribution is -2.05. The molecule has 0 radical (unpaired) electrons. The van der Waals surface area contributed by atoms with Gasteiger partial charge in [0.1, 0.15) is 12.4 Å². The van der Waals surface area contributed by atoms with Crippen molar-refractivity contribution < 1.29 is 19.0 Å². The van der Waals surface area contributed by atoms with Crippen molar-refractivity contribution in [3.05, 3.63) is 59.7 Å². The van der Waals surface area contributed by atoms with Crippen LogP contribution in [0.2, 0.25) is 0 Å². The van der Waals surface area contributed by atoms with Crippen LogP contribution in [0.1, 0.15) is 17.5 Å². The van der Waals surface area contributed by atoms with E-state index in [9.17, 15) is 4.79 Å². The fourth-order valence-electron chi connectivity index (χ4n) is 2.37. The first-order valence-electron chi connectivity index (χ1n) is 7.51. The summed E-state index contributed by atoms with van der Waals surface area (Å²) in [5.41, 5.74) is 2.02. The highest BCUT2D eigenvalue weighted by Gasteiger charge is 2.10. The first kappa shape index (κ1) is 15.2. The zero-order valence-electron chi connectivity index (χ0n) is 13.0. The van der Waals surface area contributed by atoms with E-state index in [1.807, 2.05) is 54.6 Å². The van der Waals surface area contributed by atoms with E-state index in [0.29, 0.717) is 24.3 Å². The van der Waals surface area contributed by atoms with Crippen molar-refractivity contribution in [1.82, 2.24) is 0 Å². The standard InChI is InChI=1S/C19H18O4/c1-21-17-10-6-15-7-11-19(20)22-12-2-3-14-4-8-16(9-5-14)23-18(17)13-15/h2-6,8-10,13H,7,11-12H2,1H3/b3-2-. The van der Waals surface area contributed by atoms with Crippen molar-refractivity contribution in [2.45, 2.75) is 12.8 Å². The van der Waals surface area contributed by atoms with Gasteiger partial charge >= 0.3 is 5.97 Å². The van der Waals surface area contributed by atoms with Gasteiger partial charge in [0.15, 0.2) is 11.5 Å². The van der Waals surface area contributed by atoms with E-state index in [4.69, 9.17) is 14.2 Å². The maximum Gasteiger partial charge on any atom is 0.306 e. The lowest BCUT2D eigenvalue weighted by atomic mass is 10.1. The number of carbonyl (C=O) groups is 1. The Morgan fingerprint density at radius 1 is 1.04 bits per heavy atom. The predicted molar refractivity (Wildman–Crippen MR) is 87.8 cm³/mol. The molecule has 0 saturated carbocycles. The van der Waals surface area contributed by atoms with E-state index in [1.54, 1.807) is 7.11 Å². The van der Waals surface area contributed by atoms with Gasteiger partial charge in [-0.15, -0.1) is 0 Å². The molecule has 0 spiro atoms. The van der Waals surface area contributed by atoms with Gasteiger partial charge in [-0.2, -0.15) is 0 Å². The molecular weight excluding hydrogens is 292 g/mol. The highest BCUT2D eigenvalue weighted by molar-refractivity contribution is 5.70.